The Hall–Kier alpha value is -3.99. The molecule has 4 atom stereocenters. The molecule has 6 heteroatoms. The molecular formula is C35H36N2O4. The van der Waals surface area contributed by atoms with E-state index < -0.39 is 12.2 Å². The molecule has 0 bridgehead atoms. The molecule has 5 rings (SSSR count). The van der Waals surface area contributed by atoms with Gasteiger partial charge in [-0.15, -0.1) is 0 Å². The third-order valence-electron chi connectivity index (χ3n) is 7.25. The third-order valence-corrected chi connectivity index (χ3v) is 7.25. The van der Waals surface area contributed by atoms with Gasteiger partial charge in [-0.05, 0) is 22.3 Å². The molecule has 1 aliphatic heterocycles. The van der Waals surface area contributed by atoms with Crippen LogP contribution in [0.25, 0.3) is 0 Å². The second-order valence-electron chi connectivity index (χ2n) is 10.2. The minimum absolute atomic E-state index is 0.318. The minimum Gasteiger partial charge on any atom is -0.374 e. The van der Waals surface area contributed by atoms with E-state index in [0.29, 0.717) is 39.6 Å². The predicted octanol–water partition coefficient (Wildman–Crippen LogP) is 6.12. The molecule has 0 radical (unpaired) electrons. The van der Waals surface area contributed by atoms with Crippen LogP contribution in [0, 0.1) is 11.5 Å². The molecule has 1 heterocycles. The van der Waals surface area contributed by atoms with Crippen molar-refractivity contribution in [3.63, 3.8) is 0 Å². The summed E-state index contributed by atoms with van der Waals surface area (Å²) in [5, 5.41) is 10.2. The van der Waals surface area contributed by atoms with E-state index in [1.165, 1.54) is 0 Å². The van der Waals surface area contributed by atoms with E-state index in [4.69, 9.17) is 18.9 Å². The van der Waals surface area contributed by atoms with Gasteiger partial charge in [0.1, 0.15) is 18.3 Å². The fourth-order valence-corrected chi connectivity index (χ4v) is 5.08. The maximum absolute atomic E-state index is 10.2. The molecule has 4 aromatic rings. The number of hydrogen-bond donors (Lipinski definition) is 0. The number of likely N-dealkylation sites (tertiary alicyclic amines) is 1. The molecule has 1 fully saturated rings. The van der Waals surface area contributed by atoms with E-state index in [1.54, 1.807) is 4.90 Å². The summed E-state index contributed by atoms with van der Waals surface area (Å²) in [7, 11) is 0. The molecular weight excluding hydrogens is 512 g/mol. The Kier molecular flexibility index (Phi) is 10.5. The molecule has 0 spiro atoms. The van der Waals surface area contributed by atoms with Crippen molar-refractivity contribution in [2.24, 2.45) is 0 Å². The second-order valence-corrected chi connectivity index (χ2v) is 10.2. The zero-order chi connectivity index (χ0) is 28.1. The Morgan fingerprint density at radius 1 is 0.561 bits per heavy atom. The van der Waals surface area contributed by atoms with Gasteiger partial charge in [0, 0.05) is 0 Å². The average Bonchev–Trinajstić information content (AvgIpc) is 3.04. The molecule has 0 amide bonds. The maximum Gasteiger partial charge on any atom is 0.179 e. The lowest BCUT2D eigenvalue weighted by atomic mass is 9.93. The number of hydrogen-bond acceptors (Lipinski definition) is 6. The van der Waals surface area contributed by atoms with Crippen LogP contribution in [-0.2, 0) is 45.4 Å². The van der Waals surface area contributed by atoms with Crippen molar-refractivity contribution in [2.75, 3.05) is 13.2 Å². The van der Waals surface area contributed by atoms with Gasteiger partial charge in [-0.2, -0.15) is 5.26 Å². The maximum atomic E-state index is 10.2. The molecule has 4 aromatic carbocycles. The van der Waals surface area contributed by atoms with Crippen LogP contribution in [0.2, 0.25) is 0 Å². The highest BCUT2D eigenvalue weighted by Gasteiger charge is 2.46. The van der Waals surface area contributed by atoms with E-state index in [9.17, 15) is 5.26 Å². The normalized spacial score (nSPS) is 20.4. The van der Waals surface area contributed by atoms with Crippen molar-refractivity contribution >= 4 is 0 Å². The van der Waals surface area contributed by atoms with Crippen LogP contribution in [0.5, 0.6) is 0 Å². The molecule has 0 unspecified atom stereocenters. The highest BCUT2D eigenvalue weighted by atomic mass is 16.6. The largest absolute Gasteiger partial charge is 0.374 e. The van der Waals surface area contributed by atoms with Crippen LogP contribution in [-0.4, -0.2) is 42.4 Å². The molecule has 0 saturated carbocycles. The highest BCUT2D eigenvalue weighted by molar-refractivity contribution is 5.17. The van der Waals surface area contributed by atoms with Crippen molar-refractivity contribution in [2.45, 2.75) is 50.8 Å². The van der Waals surface area contributed by atoms with Gasteiger partial charge in [0.25, 0.3) is 0 Å². The Labute approximate surface area is 242 Å². The SMILES string of the molecule is N#CN1C[C@H](OCc2ccccc2)[C@@H](OCc2ccccc2)[C@H](OCc2ccccc2)[C@H]1COCc1ccccc1. The first-order chi connectivity index (χ1) is 20.3. The van der Waals surface area contributed by atoms with Crippen molar-refractivity contribution in [3.05, 3.63) is 144 Å². The van der Waals surface area contributed by atoms with Crippen molar-refractivity contribution in [1.82, 2.24) is 4.90 Å². The molecule has 0 aromatic heterocycles. The fourth-order valence-electron chi connectivity index (χ4n) is 5.08. The summed E-state index contributed by atoms with van der Waals surface area (Å²) >= 11 is 0. The first kappa shape index (κ1) is 28.5. The first-order valence-electron chi connectivity index (χ1n) is 14.0. The first-order valence-corrected chi connectivity index (χ1v) is 14.0. The summed E-state index contributed by atoms with van der Waals surface area (Å²) < 4.78 is 25.9. The van der Waals surface area contributed by atoms with E-state index in [2.05, 4.69) is 6.19 Å². The number of benzene rings is 4. The number of rotatable bonds is 13. The number of nitrogens with zero attached hydrogens (tertiary/aromatic N) is 2. The highest BCUT2D eigenvalue weighted by Crippen LogP contribution is 2.29. The monoisotopic (exact) mass is 548 g/mol. The van der Waals surface area contributed by atoms with Crippen LogP contribution in [0.4, 0.5) is 0 Å². The zero-order valence-electron chi connectivity index (χ0n) is 23.1. The number of nitriles is 1. The second kappa shape index (κ2) is 15.1. The summed E-state index contributed by atoms with van der Waals surface area (Å²) in [6.45, 7) is 2.36. The molecule has 1 aliphatic rings. The van der Waals surface area contributed by atoms with Gasteiger partial charge in [0.15, 0.2) is 6.19 Å². The van der Waals surface area contributed by atoms with Crippen LogP contribution >= 0.6 is 0 Å². The van der Waals surface area contributed by atoms with Gasteiger partial charge in [-0.25, -0.2) is 0 Å². The standard InChI is InChI=1S/C35H36N2O4/c36-27-37-21-33(39-23-29-15-7-2-8-16-29)35(41-25-31-19-11-4-12-20-31)34(40-24-30-17-9-3-10-18-30)32(37)26-38-22-28-13-5-1-6-14-28/h1-20,32-35H,21-26H2/t32-,33+,34-,35-/m1/s1. The van der Waals surface area contributed by atoms with Gasteiger partial charge >= 0.3 is 0 Å². The van der Waals surface area contributed by atoms with Crippen molar-refractivity contribution < 1.29 is 18.9 Å². The van der Waals surface area contributed by atoms with Gasteiger partial charge in [-0.1, -0.05) is 121 Å². The van der Waals surface area contributed by atoms with Crippen molar-refractivity contribution in [3.8, 4) is 6.19 Å². The van der Waals surface area contributed by atoms with E-state index in [-0.39, 0.29) is 12.1 Å². The lowest BCUT2D eigenvalue weighted by molar-refractivity contribution is -0.202. The predicted molar refractivity (Wildman–Crippen MR) is 157 cm³/mol. The Balaban J connectivity index is 1.39. The molecule has 6 nitrogen and oxygen atoms in total. The molecule has 210 valence electrons. The fraction of sp³-hybridized carbons (Fsp3) is 0.286. The molecule has 41 heavy (non-hydrogen) atoms. The van der Waals surface area contributed by atoms with Gasteiger partial charge in [0.2, 0.25) is 0 Å². The van der Waals surface area contributed by atoms with E-state index in [0.717, 1.165) is 22.3 Å². The smallest absolute Gasteiger partial charge is 0.179 e. The summed E-state index contributed by atoms with van der Waals surface area (Å²) in [4.78, 5) is 1.73. The van der Waals surface area contributed by atoms with Crippen LogP contribution in [0.1, 0.15) is 22.3 Å². The lowest BCUT2D eigenvalue weighted by Crippen LogP contribution is -2.63. The summed E-state index contributed by atoms with van der Waals surface area (Å²) in [5.74, 6) is 0. The van der Waals surface area contributed by atoms with Crippen molar-refractivity contribution in [1.29, 1.82) is 5.26 Å². The quantitative estimate of drug-likeness (QED) is 0.188. The van der Waals surface area contributed by atoms with Crippen LogP contribution in [0.3, 0.4) is 0 Å². The molecule has 0 N–H and O–H groups in total. The summed E-state index contributed by atoms with van der Waals surface area (Å²) in [6, 6.07) is 39.9. The lowest BCUT2D eigenvalue weighted by Gasteiger charge is -2.46. The molecule has 0 aliphatic carbocycles. The van der Waals surface area contributed by atoms with Gasteiger partial charge in [0.05, 0.1) is 45.6 Å². The number of piperidine rings is 1. The zero-order valence-corrected chi connectivity index (χ0v) is 23.1. The van der Waals surface area contributed by atoms with Crippen LogP contribution in [0.15, 0.2) is 121 Å². The van der Waals surface area contributed by atoms with Gasteiger partial charge in [-0.3, -0.25) is 4.90 Å². The Bertz CT molecular complexity index is 1330. The van der Waals surface area contributed by atoms with E-state index in [1.807, 2.05) is 121 Å². The Morgan fingerprint density at radius 2 is 0.976 bits per heavy atom. The summed E-state index contributed by atoms with van der Waals surface area (Å²) in [6.07, 6.45) is 1.12. The topological polar surface area (TPSA) is 64.0 Å². The van der Waals surface area contributed by atoms with Crippen LogP contribution < -0.4 is 0 Å². The third kappa shape index (κ3) is 8.26. The van der Waals surface area contributed by atoms with Gasteiger partial charge < -0.3 is 18.9 Å². The minimum atomic E-state index is -0.469. The molecule has 1 saturated heterocycles. The average molecular weight is 549 g/mol. The summed E-state index contributed by atoms with van der Waals surface area (Å²) in [5.41, 5.74) is 4.26. The van der Waals surface area contributed by atoms with E-state index >= 15 is 0 Å². The number of ether oxygens (including phenoxy) is 4. The Morgan fingerprint density at radius 3 is 1.44 bits per heavy atom.